The van der Waals surface area contributed by atoms with Crippen LogP contribution in [0.2, 0.25) is 0 Å². The van der Waals surface area contributed by atoms with Crippen molar-refractivity contribution in [2.24, 2.45) is 17.8 Å². The van der Waals surface area contributed by atoms with Crippen LogP contribution in [-0.4, -0.2) is 56.0 Å². The van der Waals surface area contributed by atoms with Gasteiger partial charge >= 0.3 is 5.97 Å². The molecule has 0 saturated heterocycles. The Balaban J connectivity index is 1.49. The Hall–Kier alpha value is -1.99. The van der Waals surface area contributed by atoms with Crippen LogP contribution in [0.25, 0.3) is 0 Å². The van der Waals surface area contributed by atoms with Crippen molar-refractivity contribution in [1.29, 1.82) is 0 Å². The number of carbonyl (C=O) groups is 1. The van der Waals surface area contributed by atoms with Gasteiger partial charge in [-0.25, -0.2) is 4.79 Å². The summed E-state index contributed by atoms with van der Waals surface area (Å²) < 4.78 is 16.1. The van der Waals surface area contributed by atoms with E-state index in [4.69, 9.17) is 14.2 Å². The summed E-state index contributed by atoms with van der Waals surface area (Å²) in [6.07, 6.45) is 18.2. The first kappa shape index (κ1) is 35.5. The quantitative estimate of drug-likeness (QED) is 0.0555. The molecule has 6 heteroatoms. The molecule has 0 heterocycles. The van der Waals surface area contributed by atoms with Crippen molar-refractivity contribution in [2.75, 3.05) is 33.5 Å². The van der Waals surface area contributed by atoms with Crippen molar-refractivity contribution in [2.45, 2.75) is 115 Å². The number of aliphatic hydroxyl groups is 2. The van der Waals surface area contributed by atoms with Crippen LogP contribution in [0.1, 0.15) is 120 Å². The second-order valence-electron chi connectivity index (χ2n) is 13.1. The number of ether oxygens (including phenoxy) is 3. The van der Waals surface area contributed by atoms with E-state index in [1.54, 1.807) is 0 Å². The summed E-state index contributed by atoms with van der Waals surface area (Å²) in [5.41, 5.74) is 2.76. The molecule has 2 saturated carbocycles. The summed E-state index contributed by atoms with van der Waals surface area (Å²) >= 11 is 0. The number of rotatable bonds is 19. The Morgan fingerprint density at radius 2 is 1.53 bits per heavy atom. The SMILES string of the molecule is C=C(CO)C(=O)OCC(CO[C@@H](O)C(=C)COC)c1ccc(C2CCC(C3CCC(CCCCCCC)CC3)CC2)cc1. The van der Waals surface area contributed by atoms with Gasteiger partial charge in [-0.05, 0) is 73.3 Å². The molecule has 0 radical (unpaired) electrons. The number of unbranched alkanes of at least 4 members (excludes halogenated alkanes) is 4. The van der Waals surface area contributed by atoms with E-state index in [2.05, 4.69) is 44.3 Å². The molecule has 2 atom stereocenters. The Morgan fingerprint density at radius 1 is 0.907 bits per heavy atom. The number of methoxy groups -OCH3 is 1. The summed E-state index contributed by atoms with van der Waals surface area (Å²) in [4.78, 5) is 12.1. The van der Waals surface area contributed by atoms with Gasteiger partial charge < -0.3 is 24.4 Å². The van der Waals surface area contributed by atoms with Crippen molar-refractivity contribution in [3.63, 3.8) is 0 Å². The van der Waals surface area contributed by atoms with Crippen LogP contribution in [0.3, 0.4) is 0 Å². The van der Waals surface area contributed by atoms with E-state index >= 15 is 0 Å². The summed E-state index contributed by atoms with van der Waals surface area (Å²) in [5, 5.41) is 19.5. The van der Waals surface area contributed by atoms with Gasteiger partial charge in [0.15, 0.2) is 6.29 Å². The summed E-state index contributed by atoms with van der Waals surface area (Å²) in [6.45, 7) is 9.55. The number of hydrogen-bond acceptors (Lipinski definition) is 6. The van der Waals surface area contributed by atoms with Gasteiger partial charge in [0.05, 0.1) is 25.4 Å². The molecule has 0 amide bonds. The molecule has 2 fully saturated rings. The second kappa shape index (κ2) is 19.4. The summed E-state index contributed by atoms with van der Waals surface area (Å²) in [5.74, 6) is 2.46. The first-order valence-corrected chi connectivity index (χ1v) is 16.9. The summed E-state index contributed by atoms with van der Waals surface area (Å²) in [6, 6.07) is 8.58. The highest BCUT2D eigenvalue weighted by molar-refractivity contribution is 5.87. The molecule has 1 aromatic rings. The predicted octanol–water partition coefficient (Wildman–Crippen LogP) is 7.84. The highest BCUT2D eigenvalue weighted by atomic mass is 16.6. The zero-order chi connectivity index (χ0) is 31.0. The molecule has 0 aromatic heterocycles. The van der Waals surface area contributed by atoms with Gasteiger partial charge in [0, 0.05) is 18.6 Å². The molecular weight excluding hydrogens is 540 g/mol. The average Bonchev–Trinajstić information content (AvgIpc) is 3.04. The van der Waals surface area contributed by atoms with Gasteiger partial charge in [0.2, 0.25) is 0 Å². The van der Waals surface area contributed by atoms with Crippen molar-refractivity contribution >= 4 is 5.97 Å². The lowest BCUT2D eigenvalue weighted by Gasteiger charge is -2.38. The van der Waals surface area contributed by atoms with E-state index < -0.39 is 18.9 Å². The number of esters is 1. The van der Waals surface area contributed by atoms with E-state index in [0.29, 0.717) is 11.5 Å². The standard InChI is InChI=1S/C37H58O6/c1-5-6-7-8-9-10-29-11-13-30(14-12-29)31-15-17-32(18-16-31)33-19-21-34(22-20-33)35(25-42-36(39)27(2)23-38)26-43-37(40)28(3)24-41-4/h19-22,29-32,35,37-38,40H,2-3,5-18,23-26H2,1,4H3/t29?,30?,31?,32?,35?,37-/m1/s1. The Kier molecular flexibility index (Phi) is 16.0. The van der Waals surface area contributed by atoms with Crippen LogP contribution in [0, 0.1) is 17.8 Å². The normalized spacial score (nSPS) is 23.8. The van der Waals surface area contributed by atoms with Gasteiger partial charge in [0.1, 0.15) is 6.61 Å². The lowest BCUT2D eigenvalue weighted by molar-refractivity contribution is -0.141. The molecule has 2 aliphatic carbocycles. The highest BCUT2D eigenvalue weighted by Gasteiger charge is 2.31. The van der Waals surface area contributed by atoms with Crippen molar-refractivity contribution in [3.8, 4) is 0 Å². The lowest BCUT2D eigenvalue weighted by atomic mass is 9.68. The molecule has 0 bridgehead atoms. The average molecular weight is 599 g/mol. The monoisotopic (exact) mass is 598 g/mol. The van der Waals surface area contributed by atoms with E-state index in [-0.39, 0.29) is 31.3 Å². The first-order chi connectivity index (χ1) is 20.9. The molecule has 6 nitrogen and oxygen atoms in total. The second-order valence-corrected chi connectivity index (χ2v) is 13.1. The van der Waals surface area contributed by atoms with Gasteiger partial charge in [-0.15, -0.1) is 0 Å². The highest BCUT2D eigenvalue weighted by Crippen LogP contribution is 2.44. The fraction of sp³-hybridized carbons (Fsp3) is 0.703. The van der Waals surface area contributed by atoms with Crippen LogP contribution in [-0.2, 0) is 19.0 Å². The van der Waals surface area contributed by atoms with Gasteiger partial charge in [-0.2, -0.15) is 0 Å². The molecule has 0 spiro atoms. The molecule has 242 valence electrons. The minimum absolute atomic E-state index is 0.00461. The molecule has 0 aliphatic heterocycles. The van der Waals surface area contributed by atoms with Crippen molar-refractivity contribution in [3.05, 3.63) is 59.7 Å². The maximum Gasteiger partial charge on any atom is 0.335 e. The van der Waals surface area contributed by atoms with Gasteiger partial charge in [-0.3, -0.25) is 0 Å². The fourth-order valence-corrected chi connectivity index (χ4v) is 7.11. The van der Waals surface area contributed by atoms with E-state index in [0.717, 1.165) is 23.3 Å². The lowest BCUT2D eigenvalue weighted by Crippen LogP contribution is -2.25. The number of carbonyl (C=O) groups excluding carboxylic acids is 1. The van der Waals surface area contributed by atoms with E-state index in [1.807, 2.05) is 0 Å². The fourth-order valence-electron chi connectivity index (χ4n) is 7.11. The molecule has 3 rings (SSSR count). The van der Waals surface area contributed by atoms with Crippen LogP contribution < -0.4 is 0 Å². The molecule has 1 aromatic carbocycles. The third-order valence-electron chi connectivity index (χ3n) is 9.95. The molecule has 1 unspecified atom stereocenters. The maximum atomic E-state index is 12.1. The van der Waals surface area contributed by atoms with Gasteiger partial charge in [0.25, 0.3) is 0 Å². The predicted molar refractivity (Wildman–Crippen MR) is 173 cm³/mol. The number of benzene rings is 1. The van der Waals surface area contributed by atoms with Crippen molar-refractivity contribution < 1.29 is 29.2 Å². The molecule has 43 heavy (non-hydrogen) atoms. The van der Waals surface area contributed by atoms with Gasteiger partial charge in [-0.1, -0.05) is 95.7 Å². The number of aliphatic hydroxyl groups excluding tert-OH is 2. The third kappa shape index (κ3) is 11.8. The van der Waals surface area contributed by atoms with Crippen LogP contribution in [0.15, 0.2) is 48.6 Å². The largest absolute Gasteiger partial charge is 0.462 e. The Morgan fingerprint density at radius 3 is 2.14 bits per heavy atom. The first-order valence-electron chi connectivity index (χ1n) is 16.9. The Labute approximate surface area is 260 Å². The van der Waals surface area contributed by atoms with Crippen molar-refractivity contribution in [1.82, 2.24) is 0 Å². The summed E-state index contributed by atoms with van der Waals surface area (Å²) in [7, 11) is 1.53. The van der Waals surface area contributed by atoms with E-state index in [9.17, 15) is 15.0 Å². The minimum atomic E-state index is -1.18. The third-order valence-corrected chi connectivity index (χ3v) is 9.95. The number of hydrogen-bond donors (Lipinski definition) is 2. The van der Waals surface area contributed by atoms with Crippen LogP contribution >= 0.6 is 0 Å². The van der Waals surface area contributed by atoms with Crippen LogP contribution in [0.5, 0.6) is 0 Å². The topological polar surface area (TPSA) is 85.2 Å². The zero-order valence-corrected chi connectivity index (χ0v) is 26.9. The molecule has 2 aliphatic rings. The maximum absolute atomic E-state index is 12.1. The Bertz CT molecular complexity index is 956. The minimum Gasteiger partial charge on any atom is -0.462 e. The zero-order valence-electron chi connectivity index (χ0n) is 26.9. The molecule has 2 N–H and O–H groups in total. The smallest absolute Gasteiger partial charge is 0.335 e. The van der Waals surface area contributed by atoms with Crippen LogP contribution in [0.4, 0.5) is 0 Å². The van der Waals surface area contributed by atoms with E-state index in [1.165, 1.54) is 103 Å². The molecular formula is C37H58O6.